The minimum atomic E-state index is 0.226. The van der Waals surface area contributed by atoms with Crippen LogP contribution in [0.15, 0.2) is 24.3 Å². The van der Waals surface area contributed by atoms with Crippen LogP contribution in [0.1, 0.15) is 12.6 Å². The highest BCUT2D eigenvalue weighted by Gasteiger charge is 2.13. The fraction of sp³-hybridized carbons (Fsp3) is 0.231. The first kappa shape index (κ1) is 12.5. The highest BCUT2D eigenvalue weighted by atomic mass is 35.5. The first-order valence-corrected chi connectivity index (χ1v) is 5.90. The monoisotopic (exact) mass is 261 g/mol. The highest BCUT2D eigenvalue weighted by molar-refractivity contribution is 6.30. The molecule has 0 atom stereocenters. The van der Waals surface area contributed by atoms with Crippen molar-refractivity contribution in [2.75, 3.05) is 6.61 Å². The van der Waals surface area contributed by atoms with E-state index in [1.807, 2.05) is 37.3 Å². The molecule has 1 aromatic heterocycles. The van der Waals surface area contributed by atoms with E-state index >= 15 is 0 Å². The molecule has 0 N–H and O–H groups in total. The number of aromatic nitrogens is 2. The van der Waals surface area contributed by atoms with Crippen molar-refractivity contribution in [2.24, 2.45) is 7.05 Å². The van der Waals surface area contributed by atoms with Crippen molar-refractivity contribution in [1.82, 2.24) is 9.55 Å². The zero-order valence-corrected chi connectivity index (χ0v) is 10.9. The number of rotatable bonds is 3. The van der Waals surface area contributed by atoms with Gasteiger partial charge in [0.25, 0.3) is 0 Å². The highest BCUT2D eigenvalue weighted by Crippen LogP contribution is 2.25. The molecule has 0 spiro atoms. The second kappa shape index (κ2) is 5.11. The molecule has 0 saturated heterocycles. The predicted octanol–water partition coefficient (Wildman–Crippen LogP) is 3.01. The van der Waals surface area contributed by atoms with Gasteiger partial charge < -0.3 is 9.30 Å². The van der Waals surface area contributed by atoms with Gasteiger partial charge in [0.05, 0.1) is 6.61 Å². The lowest BCUT2D eigenvalue weighted by Gasteiger charge is -2.05. The summed E-state index contributed by atoms with van der Waals surface area (Å²) in [5.41, 5.74) is 1.25. The predicted molar refractivity (Wildman–Crippen MR) is 69.5 cm³/mol. The molecule has 18 heavy (non-hydrogen) atoms. The Kier molecular flexibility index (Phi) is 3.54. The molecule has 0 bridgehead atoms. The van der Waals surface area contributed by atoms with Gasteiger partial charge in [-0.2, -0.15) is 5.26 Å². The molecular formula is C13H12ClN3O. The first-order chi connectivity index (χ1) is 8.67. The van der Waals surface area contributed by atoms with Crippen molar-refractivity contribution >= 4 is 11.6 Å². The van der Waals surface area contributed by atoms with Crippen molar-refractivity contribution in [3.63, 3.8) is 0 Å². The summed E-state index contributed by atoms with van der Waals surface area (Å²) in [6, 6.07) is 9.55. The Morgan fingerprint density at radius 1 is 1.39 bits per heavy atom. The van der Waals surface area contributed by atoms with Gasteiger partial charge >= 0.3 is 0 Å². The number of benzene rings is 1. The summed E-state index contributed by atoms with van der Waals surface area (Å²) in [7, 11) is 1.77. The first-order valence-electron chi connectivity index (χ1n) is 5.53. The molecule has 4 nitrogen and oxygen atoms in total. The molecule has 0 aliphatic rings. The van der Waals surface area contributed by atoms with Gasteiger partial charge in [0, 0.05) is 12.6 Å². The van der Waals surface area contributed by atoms with Crippen LogP contribution in [0.5, 0.6) is 5.75 Å². The Balaban J connectivity index is 2.40. The molecule has 1 heterocycles. The lowest BCUT2D eigenvalue weighted by molar-refractivity contribution is 0.340. The van der Waals surface area contributed by atoms with Gasteiger partial charge in [0.1, 0.15) is 17.6 Å². The van der Waals surface area contributed by atoms with Crippen LogP contribution < -0.4 is 4.74 Å². The van der Waals surface area contributed by atoms with Gasteiger partial charge in [-0.15, -0.1) is 0 Å². The summed E-state index contributed by atoms with van der Waals surface area (Å²) in [5.74, 6) is 1.47. The van der Waals surface area contributed by atoms with Crippen LogP contribution in [0, 0.1) is 11.3 Å². The second-order valence-electron chi connectivity index (χ2n) is 3.70. The molecule has 1 aromatic carbocycles. The normalized spacial score (nSPS) is 10.1. The summed E-state index contributed by atoms with van der Waals surface area (Å²) in [4.78, 5) is 4.19. The van der Waals surface area contributed by atoms with Crippen LogP contribution in [-0.2, 0) is 7.05 Å². The van der Waals surface area contributed by atoms with Gasteiger partial charge in [0.2, 0.25) is 0 Å². The topological polar surface area (TPSA) is 50.8 Å². The zero-order valence-electron chi connectivity index (χ0n) is 10.1. The molecule has 0 fully saturated rings. The number of nitrogens with zero attached hydrogens (tertiary/aromatic N) is 3. The maximum atomic E-state index is 8.96. The van der Waals surface area contributed by atoms with Crippen molar-refractivity contribution in [1.29, 1.82) is 5.26 Å². The number of ether oxygens (including phenoxy) is 1. The maximum absolute atomic E-state index is 8.96. The van der Waals surface area contributed by atoms with E-state index in [1.165, 1.54) is 0 Å². The lowest BCUT2D eigenvalue weighted by atomic mass is 10.2. The van der Waals surface area contributed by atoms with Gasteiger partial charge in [-0.25, -0.2) is 4.98 Å². The molecule has 92 valence electrons. The average Bonchev–Trinajstić information content (AvgIpc) is 2.66. The number of halogens is 1. The lowest BCUT2D eigenvalue weighted by Crippen LogP contribution is -1.96. The van der Waals surface area contributed by atoms with Gasteiger partial charge in [-0.1, -0.05) is 11.6 Å². The van der Waals surface area contributed by atoms with Crippen molar-refractivity contribution < 1.29 is 4.74 Å². The fourth-order valence-corrected chi connectivity index (χ4v) is 1.96. The Morgan fingerprint density at radius 3 is 2.56 bits per heavy atom. The SMILES string of the molecule is CCOc1ccc(-c2nc(Cl)c(C#N)n2C)cc1. The molecule has 2 rings (SSSR count). The van der Waals surface area contributed by atoms with Crippen LogP contribution in [0.3, 0.4) is 0 Å². The van der Waals surface area contributed by atoms with Gasteiger partial charge in [-0.05, 0) is 31.2 Å². The fourth-order valence-electron chi connectivity index (χ4n) is 1.71. The quantitative estimate of drug-likeness (QED) is 0.853. The Hall–Kier alpha value is -1.99. The van der Waals surface area contributed by atoms with E-state index in [9.17, 15) is 0 Å². The summed E-state index contributed by atoms with van der Waals surface area (Å²) in [6.07, 6.45) is 0. The average molecular weight is 262 g/mol. The standard InChI is InChI=1S/C13H12ClN3O/c1-3-18-10-6-4-9(5-7-10)13-16-12(14)11(8-15)17(13)2/h4-7H,3H2,1-2H3. The minimum absolute atomic E-state index is 0.226. The van der Waals surface area contributed by atoms with E-state index in [4.69, 9.17) is 21.6 Å². The summed E-state index contributed by atoms with van der Waals surface area (Å²) >= 11 is 5.90. The van der Waals surface area contributed by atoms with Crippen LogP contribution in [0.4, 0.5) is 0 Å². The molecule has 0 amide bonds. The third-order valence-corrected chi connectivity index (χ3v) is 2.85. The van der Waals surface area contributed by atoms with Gasteiger partial charge in [0.15, 0.2) is 10.8 Å². The van der Waals surface area contributed by atoms with E-state index < -0.39 is 0 Å². The van der Waals surface area contributed by atoms with Crippen molar-refractivity contribution in [3.8, 4) is 23.2 Å². The van der Waals surface area contributed by atoms with Crippen LogP contribution in [-0.4, -0.2) is 16.2 Å². The Bertz CT molecular complexity index is 596. The number of hydrogen-bond donors (Lipinski definition) is 0. The number of hydrogen-bond acceptors (Lipinski definition) is 3. The number of imidazole rings is 1. The zero-order chi connectivity index (χ0) is 13.1. The number of nitriles is 1. The van der Waals surface area contributed by atoms with E-state index in [2.05, 4.69) is 4.98 Å². The van der Waals surface area contributed by atoms with E-state index in [1.54, 1.807) is 11.6 Å². The summed E-state index contributed by atoms with van der Waals surface area (Å²) in [5, 5.41) is 9.18. The summed E-state index contributed by atoms with van der Waals surface area (Å²) in [6.45, 7) is 2.57. The largest absolute Gasteiger partial charge is 0.494 e. The Labute approximate surface area is 110 Å². The van der Waals surface area contributed by atoms with Crippen LogP contribution in [0.2, 0.25) is 5.15 Å². The second-order valence-corrected chi connectivity index (χ2v) is 4.06. The van der Waals surface area contributed by atoms with Crippen molar-refractivity contribution in [3.05, 3.63) is 35.1 Å². The summed E-state index contributed by atoms with van der Waals surface area (Å²) < 4.78 is 7.05. The Morgan fingerprint density at radius 2 is 2.06 bits per heavy atom. The van der Waals surface area contributed by atoms with Crippen molar-refractivity contribution in [2.45, 2.75) is 6.92 Å². The minimum Gasteiger partial charge on any atom is -0.494 e. The molecule has 0 aliphatic carbocycles. The van der Waals surface area contributed by atoms with Gasteiger partial charge in [-0.3, -0.25) is 0 Å². The van der Waals surface area contributed by atoms with Crippen LogP contribution >= 0.6 is 11.6 Å². The molecule has 0 saturated carbocycles. The smallest absolute Gasteiger partial charge is 0.166 e. The molecule has 2 aromatic rings. The third kappa shape index (κ3) is 2.18. The third-order valence-electron chi connectivity index (χ3n) is 2.58. The molecule has 0 aliphatic heterocycles. The molecule has 5 heteroatoms. The maximum Gasteiger partial charge on any atom is 0.166 e. The molecular weight excluding hydrogens is 250 g/mol. The molecule has 0 unspecified atom stereocenters. The van der Waals surface area contributed by atoms with E-state index in [0.29, 0.717) is 18.1 Å². The van der Waals surface area contributed by atoms with Crippen LogP contribution in [0.25, 0.3) is 11.4 Å². The molecule has 0 radical (unpaired) electrons. The van der Waals surface area contributed by atoms with E-state index in [0.717, 1.165) is 11.3 Å². The van der Waals surface area contributed by atoms with E-state index in [-0.39, 0.29) is 5.15 Å².